The summed E-state index contributed by atoms with van der Waals surface area (Å²) < 4.78 is 17.1. The molecule has 9 rings (SSSR count). The second kappa shape index (κ2) is 26.9. The molecular weight excluding hydrogens is 1260 g/mol. The number of nitrogens with zero attached hydrogens (tertiary/aromatic N) is 10. The molecule has 6 amide bonds. The highest BCUT2D eigenvalue weighted by Crippen LogP contribution is 2.45. The molecule has 6 aromatic rings. The van der Waals surface area contributed by atoms with Crippen LogP contribution in [0.5, 0.6) is 34.9 Å². The summed E-state index contributed by atoms with van der Waals surface area (Å²) in [6.07, 6.45) is 0. The molecule has 0 bridgehead atoms. The highest BCUT2D eigenvalue weighted by Gasteiger charge is 2.31. The van der Waals surface area contributed by atoms with Gasteiger partial charge in [0.05, 0.1) is 64.3 Å². The van der Waals surface area contributed by atoms with Crippen molar-refractivity contribution in [2.45, 2.75) is 73.1 Å². The van der Waals surface area contributed by atoms with Gasteiger partial charge in [-0.05, 0) is 67.0 Å². The Morgan fingerprint density at radius 2 is 0.816 bits per heavy atom. The van der Waals surface area contributed by atoms with Gasteiger partial charge in [-0.3, -0.25) is 14.4 Å². The number of allylic oxidation sites excluding steroid dienone is 1. The number of amidine groups is 2. The SMILES string of the molecule is C=C1NC(=O)N(c2cc(Cl)c(Oc3cc(C(C)C)c(=O)[nH]n3)c(Cl)c2)N=C1N.C=C1NC(=O)N(c2cc(Cl)c(Oc3cc(C(C)C)c(=O)[nH]n3)c(Cl)c2C)N=C1C#N.C=C1NC(=O)N(c2cc(Cl)c(Oc3cc(C(C)C)c(=O)[nH]n3)c(Cl)c2C)N=C1N. The molecule has 0 radical (unpaired) electrons. The quantitative estimate of drug-likeness (QED) is 0.0564. The van der Waals surface area contributed by atoms with E-state index in [1.807, 2.05) is 47.6 Å². The monoisotopic (exact) mass is 1300 g/mol. The van der Waals surface area contributed by atoms with Crippen LogP contribution >= 0.6 is 69.6 Å². The van der Waals surface area contributed by atoms with Crippen LogP contribution in [0.25, 0.3) is 0 Å². The number of nitrogens with two attached hydrogens (primary N) is 2. The number of aromatic amines is 3. The second-order valence-corrected chi connectivity index (χ2v) is 21.8. The topological polar surface area (TPSA) is 375 Å². The van der Waals surface area contributed by atoms with Crippen LogP contribution in [0.3, 0.4) is 0 Å². The molecular formula is C54H50Cl6N18O9. The first-order chi connectivity index (χ1) is 40.9. The Hall–Kier alpha value is -9.43. The molecule has 27 nitrogen and oxygen atoms in total. The maximum Gasteiger partial charge on any atom is 0.347 e. The zero-order valence-electron chi connectivity index (χ0n) is 47.0. The van der Waals surface area contributed by atoms with Gasteiger partial charge < -0.3 is 41.6 Å². The van der Waals surface area contributed by atoms with Gasteiger partial charge in [0.25, 0.3) is 16.7 Å². The van der Waals surface area contributed by atoms with E-state index in [1.54, 1.807) is 13.8 Å². The number of hydrogen-bond acceptors (Lipinski definition) is 18. The van der Waals surface area contributed by atoms with E-state index in [4.69, 9.17) is 101 Å². The Bertz CT molecular complexity index is 4190. The largest absolute Gasteiger partial charge is 0.434 e. The molecule has 0 fully saturated rings. The van der Waals surface area contributed by atoms with Gasteiger partial charge in [0, 0.05) is 34.9 Å². The molecule has 6 heterocycles. The molecule has 0 saturated heterocycles. The van der Waals surface area contributed by atoms with E-state index in [-0.39, 0.29) is 145 Å². The summed E-state index contributed by atoms with van der Waals surface area (Å²) in [7, 11) is 0. The van der Waals surface area contributed by atoms with Crippen molar-refractivity contribution in [2.75, 3.05) is 15.0 Å². The minimum atomic E-state index is -0.619. The number of hydrogen-bond donors (Lipinski definition) is 8. The summed E-state index contributed by atoms with van der Waals surface area (Å²) in [5, 5.41) is 50.9. The molecule has 0 unspecified atom stereocenters. The van der Waals surface area contributed by atoms with Gasteiger partial charge in [-0.15, -0.1) is 25.5 Å². The number of benzene rings is 3. The number of H-pyrrole nitrogens is 3. The minimum Gasteiger partial charge on any atom is -0.434 e. The highest BCUT2D eigenvalue weighted by atomic mass is 35.5. The fourth-order valence-electron chi connectivity index (χ4n) is 7.67. The van der Waals surface area contributed by atoms with E-state index in [2.05, 4.69) is 81.6 Å². The van der Waals surface area contributed by atoms with Crippen LogP contribution in [-0.2, 0) is 0 Å². The predicted octanol–water partition coefficient (Wildman–Crippen LogP) is 11.1. The van der Waals surface area contributed by atoms with Crippen LogP contribution in [0.2, 0.25) is 30.1 Å². The summed E-state index contributed by atoms with van der Waals surface area (Å²) in [5.41, 5.74) is 14.2. The van der Waals surface area contributed by atoms with Gasteiger partial charge in [0.2, 0.25) is 17.6 Å². The van der Waals surface area contributed by atoms with Crippen LogP contribution < -0.4 is 73.3 Å². The third-order valence-electron chi connectivity index (χ3n) is 12.4. The lowest BCUT2D eigenvalue weighted by Gasteiger charge is -2.26. The number of carbonyl (C=O) groups is 3. The Balaban J connectivity index is 0.000000187. The Kier molecular flexibility index (Phi) is 20.1. The summed E-state index contributed by atoms with van der Waals surface area (Å²) in [5.74, 6) is 0.671. The maximum absolute atomic E-state index is 12.3. The van der Waals surface area contributed by atoms with Crippen LogP contribution in [0.4, 0.5) is 31.4 Å². The van der Waals surface area contributed by atoms with Crippen molar-refractivity contribution in [3.05, 3.63) is 168 Å². The second-order valence-electron chi connectivity index (χ2n) is 19.5. The van der Waals surface area contributed by atoms with Crippen molar-refractivity contribution in [1.29, 1.82) is 5.26 Å². The summed E-state index contributed by atoms with van der Waals surface area (Å²) in [4.78, 5) is 72.2. The molecule has 0 spiro atoms. The molecule has 452 valence electrons. The van der Waals surface area contributed by atoms with Gasteiger partial charge in [0.1, 0.15) is 6.07 Å². The zero-order valence-corrected chi connectivity index (χ0v) is 51.5. The third-order valence-corrected chi connectivity index (χ3v) is 14.4. The van der Waals surface area contributed by atoms with Crippen LogP contribution in [0, 0.1) is 25.2 Å². The number of carbonyl (C=O) groups excluding carboxylic acids is 3. The molecule has 3 aliphatic rings. The lowest BCUT2D eigenvalue weighted by molar-refractivity contribution is 0.247. The van der Waals surface area contributed by atoms with Crippen LogP contribution in [-0.4, -0.2) is 66.1 Å². The standard InChI is InChI=1S/C19H16Cl2N6O3.C18H18Cl2N6O3.C17H16Cl2N6O3/c1-8(2)11-5-15(24-25-18(11)28)30-17-12(20)6-14(9(3)16(17)21)27-19(29)23-10(4)13(7-22)26-27;1-7(2)10-5-13(23-24-17(10)27)29-15-11(19)6-12(8(3)14(15)20)26-18(28)22-9(4)16(21)25-26;1-7(2)10-6-13(22-23-16(10)26)28-14-11(18)4-9(5-12(14)19)25-17(27)21-8(3)15(20)24-25/h5-6,8H,4H2,1-3H3,(H,23,29)(H,25,28);5-7H,4H2,1-3H3,(H2,21,25)(H,22,28)(H,24,27);4-7H,3H2,1-2H3,(H2,20,24)(H,21,27)(H,23,26). The van der Waals surface area contributed by atoms with Crippen molar-refractivity contribution in [3.63, 3.8) is 0 Å². The van der Waals surface area contributed by atoms with Crippen LogP contribution in [0.1, 0.15) is 87.1 Å². The Morgan fingerprint density at radius 3 is 1.18 bits per heavy atom. The van der Waals surface area contributed by atoms with E-state index in [0.29, 0.717) is 33.5 Å². The lowest BCUT2D eigenvalue weighted by Crippen LogP contribution is -2.45. The fraction of sp³-hybridized carbons (Fsp3) is 0.204. The van der Waals surface area contributed by atoms with Gasteiger partial charge in [-0.25, -0.2) is 29.7 Å². The first kappa shape index (κ1) is 65.1. The number of anilines is 3. The number of amides is 6. The molecule has 0 aliphatic carbocycles. The number of aromatic nitrogens is 6. The first-order valence-electron chi connectivity index (χ1n) is 25.3. The number of hydrazone groups is 3. The number of urea groups is 3. The average Bonchev–Trinajstić information content (AvgIpc) is 1.47. The Morgan fingerprint density at radius 1 is 0.494 bits per heavy atom. The number of halogens is 6. The summed E-state index contributed by atoms with van der Waals surface area (Å²) >= 11 is 38.2. The third kappa shape index (κ3) is 14.5. The van der Waals surface area contributed by atoms with Gasteiger partial charge in [-0.2, -0.15) is 25.4 Å². The number of nitrogens with one attached hydrogen (secondary N) is 6. The lowest BCUT2D eigenvalue weighted by atomic mass is 10.1. The van der Waals surface area contributed by atoms with E-state index in [0.717, 1.165) is 15.0 Å². The normalized spacial score (nSPS) is 14.0. The molecule has 3 aliphatic heterocycles. The first-order valence-corrected chi connectivity index (χ1v) is 27.5. The average molecular weight is 1310 g/mol. The predicted molar refractivity (Wildman–Crippen MR) is 333 cm³/mol. The van der Waals surface area contributed by atoms with Gasteiger partial charge in [0.15, 0.2) is 34.6 Å². The van der Waals surface area contributed by atoms with E-state index >= 15 is 0 Å². The van der Waals surface area contributed by atoms with Gasteiger partial charge in [-0.1, -0.05) is 131 Å². The van der Waals surface area contributed by atoms with Crippen LogP contribution in [0.15, 0.2) is 109 Å². The van der Waals surface area contributed by atoms with Crippen molar-refractivity contribution >= 4 is 122 Å². The molecule has 3 aromatic heterocycles. The van der Waals surface area contributed by atoms with Crippen molar-refractivity contribution in [2.24, 2.45) is 26.8 Å². The van der Waals surface area contributed by atoms with E-state index in [9.17, 15) is 28.8 Å². The van der Waals surface area contributed by atoms with Gasteiger partial charge >= 0.3 is 18.1 Å². The smallest absolute Gasteiger partial charge is 0.347 e. The minimum absolute atomic E-state index is 0.0295. The number of rotatable bonds is 12. The molecule has 87 heavy (non-hydrogen) atoms. The summed E-state index contributed by atoms with van der Waals surface area (Å²) in [6.45, 7) is 25.3. The number of ether oxygens (including phenoxy) is 3. The van der Waals surface area contributed by atoms with Crippen molar-refractivity contribution in [1.82, 2.24) is 46.5 Å². The highest BCUT2D eigenvalue weighted by molar-refractivity contribution is 6.40. The molecule has 0 atom stereocenters. The zero-order chi connectivity index (χ0) is 64.2. The Labute approximate surface area is 523 Å². The summed E-state index contributed by atoms with van der Waals surface area (Å²) in [6, 6.07) is 10.4. The van der Waals surface area contributed by atoms with E-state index in [1.165, 1.54) is 42.5 Å². The fourth-order valence-corrected chi connectivity index (χ4v) is 9.27. The molecule has 3 aromatic carbocycles. The molecule has 0 saturated carbocycles. The van der Waals surface area contributed by atoms with Crippen molar-refractivity contribution < 1.29 is 28.6 Å². The molecule has 10 N–H and O–H groups in total. The van der Waals surface area contributed by atoms with Crippen molar-refractivity contribution in [3.8, 4) is 41.0 Å². The number of nitriles is 1. The van der Waals surface area contributed by atoms with E-state index < -0.39 is 18.1 Å². The maximum atomic E-state index is 12.3. The molecule has 33 heteroatoms.